The van der Waals surface area contributed by atoms with E-state index in [1.807, 2.05) is 55.4 Å². The summed E-state index contributed by atoms with van der Waals surface area (Å²) in [5.41, 5.74) is -2.66. The summed E-state index contributed by atoms with van der Waals surface area (Å²) in [7, 11) is 0. The molecule has 27 heteroatoms. The summed E-state index contributed by atoms with van der Waals surface area (Å²) in [4.78, 5) is 142. The molecule has 5 saturated carbocycles. The van der Waals surface area contributed by atoms with Crippen LogP contribution >= 0.6 is 0 Å². The highest BCUT2D eigenvalue weighted by molar-refractivity contribution is 6.04. The molecule has 7 rings (SSSR count). The van der Waals surface area contributed by atoms with E-state index in [1.165, 1.54) is 0 Å². The number of urea groups is 3. The van der Waals surface area contributed by atoms with Crippen LogP contribution in [-0.4, -0.2) is 174 Å². The van der Waals surface area contributed by atoms with Crippen molar-refractivity contribution >= 4 is 71.8 Å². The van der Waals surface area contributed by atoms with E-state index in [2.05, 4.69) is 26.6 Å². The number of nitrogens with zero attached hydrogens (tertiary/aromatic N) is 1. The zero-order valence-corrected chi connectivity index (χ0v) is 57.5. The third kappa shape index (κ3) is 21.9. The second kappa shape index (κ2) is 35.5. The lowest BCUT2D eigenvalue weighted by Gasteiger charge is -2.41. The van der Waals surface area contributed by atoms with Gasteiger partial charge in [0.25, 0.3) is 0 Å². The minimum atomic E-state index is -1.14. The molecule has 7 atom stereocenters. The standard InChI is InChI=1S/C19H26O6.C17H28N2O5.C16H28N2O5.C15H26N2O5/c1-4-19(2,3)18(23)25-8-7-24-17(22)15-13-11-6-5-10(9-11)12(13)14(15)16(20)21;1-4-16(2,3)14(22)24-8-7-18-15(23)19-17(13(20)21)10-11-5-6-12(17)9-11;1-4-16(2,3)14(21)23-10-9-17-15(22)18-12-7-5-11(6-8-12)13(19)20;1-4-15(2,3)13(20)22-10-7-16-14(21)17-8-5-11(6-9-17)12(18)19/h10-13H,4-9H2,1-3H3,(H,20,21);11-12H,4-10H2,1-3H3,(H,20,21)(H2,18,19,23);11-12H,4-10H2,1-3H3,(H,19,20)(H2,17,18,22);11H,4-10H2,1-3H3,(H,16,21)(H,18,19). The first-order valence-corrected chi connectivity index (χ1v) is 33.7. The lowest BCUT2D eigenvalue weighted by Crippen LogP contribution is -2.60. The number of aliphatic carboxylic acids is 4. The highest BCUT2D eigenvalue weighted by Crippen LogP contribution is 2.64. The molecule has 6 fully saturated rings. The molecule has 1 saturated heterocycles. The summed E-state index contributed by atoms with van der Waals surface area (Å²) >= 11 is 0. The molecular weight excluding hydrogens is 1220 g/mol. The maximum absolute atomic E-state index is 12.4. The minimum Gasteiger partial charge on any atom is -0.481 e. The van der Waals surface area contributed by atoms with E-state index in [9.17, 15) is 67.7 Å². The van der Waals surface area contributed by atoms with Crippen LogP contribution in [0, 0.1) is 69.0 Å². The first-order valence-electron chi connectivity index (χ1n) is 33.7. The number of carbonyl (C=O) groups is 12. The Kier molecular flexibility index (Phi) is 29.9. The number of rotatable bonds is 27. The molecule has 0 aromatic rings. The van der Waals surface area contributed by atoms with Gasteiger partial charge < -0.3 is 75.6 Å². The topological polar surface area (TPSA) is 395 Å². The molecule has 7 aliphatic rings. The van der Waals surface area contributed by atoms with E-state index >= 15 is 0 Å². The number of esters is 5. The molecule has 9 N–H and O–H groups in total. The molecule has 4 bridgehead atoms. The molecule has 0 spiro atoms. The largest absolute Gasteiger partial charge is 0.481 e. The smallest absolute Gasteiger partial charge is 0.335 e. The number of hydrogen-bond donors (Lipinski definition) is 9. The molecule has 1 heterocycles. The third-order valence-electron chi connectivity index (χ3n) is 20.6. The number of hydrogen-bond acceptors (Lipinski definition) is 17. The molecule has 0 radical (unpaired) electrons. The number of carbonyl (C=O) groups excluding carboxylic acids is 8. The zero-order valence-electron chi connectivity index (χ0n) is 57.5. The highest BCUT2D eigenvalue weighted by Gasteiger charge is 2.61. The predicted octanol–water partition coefficient (Wildman–Crippen LogP) is 7.85. The number of nitrogens with one attached hydrogen (secondary N) is 5. The average molecular weight is 1330 g/mol. The normalized spacial score (nSPS) is 24.2. The second-order valence-corrected chi connectivity index (χ2v) is 28.5. The van der Waals surface area contributed by atoms with Crippen molar-refractivity contribution in [3.8, 4) is 0 Å². The van der Waals surface area contributed by atoms with Gasteiger partial charge in [-0.1, -0.05) is 27.7 Å². The summed E-state index contributed by atoms with van der Waals surface area (Å²) in [6, 6.07) is -1.06. The monoisotopic (exact) mass is 1330 g/mol. The van der Waals surface area contributed by atoms with Crippen LogP contribution in [0.2, 0.25) is 0 Å². The van der Waals surface area contributed by atoms with Gasteiger partial charge in [0.05, 0.1) is 64.3 Å². The Morgan fingerprint density at radius 2 is 0.894 bits per heavy atom. The maximum atomic E-state index is 12.4. The Balaban J connectivity index is 0.000000267. The summed E-state index contributed by atoms with van der Waals surface area (Å²) in [6.45, 7) is 24.0. The van der Waals surface area contributed by atoms with Crippen LogP contribution in [-0.2, 0) is 66.8 Å². The Hall–Kier alpha value is -7.22. The number of carboxylic acids is 4. The van der Waals surface area contributed by atoms with Gasteiger partial charge in [0.15, 0.2) is 0 Å². The van der Waals surface area contributed by atoms with Crippen molar-refractivity contribution in [2.45, 2.75) is 204 Å². The second-order valence-electron chi connectivity index (χ2n) is 28.5. The minimum absolute atomic E-state index is 0.00664. The Bertz CT molecular complexity index is 2710. The summed E-state index contributed by atoms with van der Waals surface area (Å²) in [6.07, 6.45) is 12.6. The van der Waals surface area contributed by atoms with E-state index in [0.29, 0.717) is 107 Å². The van der Waals surface area contributed by atoms with Gasteiger partial charge in [0.2, 0.25) is 0 Å². The maximum Gasteiger partial charge on any atom is 0.335 e. The van der Waals surface area contributed by atoms with Crippen LogP contribution in [0.5, 0.6) is 0 Å². The molecule has 6 aliphatic carbocycles. The van der Waals surface area contributed by atoms with Crippen molar-refractivity contribution in [3.63, 3.8) is 0 Å². The van der Waals surface area contributed by atoms with E-state index in [4.69, 9.17) is 33.9 Å². The lowest BCUT2D eigenvalue weighted by molar-refractivity contribution is -0.158. The predicted molar refractivity (Wildman–Crippen MR) is 341 cm³/mol. The number of ether oxygens (including phenoxy) is 5. The fourth-order valence-corrected chi connectivity index (χ4v) is 12.7. The molecule has 27 nitrogen and oxygen atoms in total. The van der Waals surface area contributed by atoms with Gasteiger partial charge in [-0.3, -0.25) is 28.8 Å². The van der Waals surface area contributed by atoms with Gasteiger partial charge in [0.1, 0.15) is 38.6 Å². The van der Waals surface area contributed by atoms with E-state index in [0.717, 1.165) is 38.5 Å². The van der Waals surface area contributed by atoms with Crippen LogP contribution < -0.4 is 26.6 Å². The van der Waals surface area contributed by atoms with Gasteiger partial charge in [-0.05, 0) is 188 Å². The van der Waals surface area contributed by atoms with Crippen LogP contribution in [0.1, 0.15) is 192 Å². The molecule has 0 aromatic carbocycles. The number of amides is 6. The Morgan fingerprint density at radius 3 is 1.30 bits per heavy atom. The molecule has 7 unspecified atom stereocenters. The number of fused-ring (bicyclic) bond motifs is 7. The first-order chi connectivity index (χ1) is 44.0. The van der Waals surface area contributed by atoms with Crippen molar-refractivity contribution in [3.05, 3.63) is 11.1 Å². The van der Waals surface area contributed by atoms with Crippen LogP contribution in [0.15, 0.2) is 11.1 Å². The van der Waals surface area contributed by atoms with E-state index in [-0.39, 0.29) is 130 Å². The molecule has 532 valence electrons. The molecule has 1 aliphatic heterocycles. The van der Waals surface area contributed by atoms with Gasteiger partial charge >= 0.3 is 71.8 Å². The first kappa shape index (κ1) is 79.2. The summed E-state index contributed by atoms with van der Waals surface area (Å²) in [5.74, 6) is -4.59. The van der Waals surface area contributed by atoms with Crippen molar-refractivity contribution in [1.82, 2.24) is 31.5 Å². The van der Waals surface area contributed by atoms with E-state index in [1.54, 1.807) is 32.6 Å². The fourth-order valence-electron chi connectivity index (χ4n) is 12.7. The summed E-state index contributed by atoms with van der Waals surface area (Å²) in [5, 5.41) is 50.3. The van der Waals surface area contributed by atoms with Crippen LogP contribution in [0.3, 0.4) is 0 Å². The van der Waals surface area contributed by atoms with Crippen molar-refractivity contribution in [1.29, 1.82) is 0 Å². The van der Waals surface area contributed by atoms with Gasteiger partial charge in [-0.25, -0.2) is 28.8 Å². The van der Waals surface area contributed by atoms with Crippen molar-refractivity contribution < 1.29 is 102 Å². The van der Waals surface area contributed by atoms with Gasteiger partial charge in [0, 0.05) is 31.0 Å². The molecular formula is C67H108N6O21. The van der Waals surface area contributed by atoms with Crippen molar-refractivity contribution in [2.24, 2.45) is 69.0 Å². The Morgan fingerprint density at radius 1 is 0.479 bits per heavy atom. The third-order valence-corrected chi connectivity index (χ3v) is 20.6. The van der Waals surface area contributed by atoms with E-state index < -0.39 is 63.1 Å². The Labute approximate surface area is 552 Å². The number of piperidine rings is 1. The molecule has 94 heavy (non-hydrogen) atoms. The summed E-state index contributed by atoms with van der Waals surface area (Å²) < 4.78 is 25.8. The quantitative estimate of drug-likeness (QED) is 0.0215. The van der Waals surface area contributed by atoms with Crippen LogP contribution in [0.25, 0.3) is 0 Å². The van der Waals surface area contributed by atoms with Gasteiger partial charge in [-0.2, -0.15) is 0 Å². The SMILES string of the molecule is CCC(C)(C)C(=O)OCCNC(=O)N1CCC(C(=O)O)CC1.CCC(C)(C)C(=O)OCCNC(=O)NC1(C(=O)O)CC2CCC1C2.CCC(C)(C)C(=O)OCCNC(=O)NC1CCC(C(=O)O)CC1.CCC(C)(C)C(=O)OCCOC(=O)C1=C(C(=O)O)C2C3CCC(C3)C12. The zero-order chi connectivity index (χ0) is 70.5. The number of carboxylic acid groups (broad SMARTS) is 4. The fraction of sp³-hybridized carbons (Fsp3) is 0.791. The lowest BCUT2D eigenvalue weighted by atomic mass is 9.61. The van der Waals surface area contributed by atoms with Crippen LogP contribution in [0.4, 0.5) is 14.4 Å². The average Bonchev–Trinajstić information content (AvgIpc) is 1.52. The molecule has 6 amide bonds. The van der Waals surface area contributed by atoms with Gasteiger partial charge in [-0.15, -0.1) is 0 Å². The highest BCUT2D eigenvalue weighted by atomic mass is 16.6. The number of likely N-dealkylation sites (tertiary alicyclic amines) is 1. The van der Waals surface area contributed by atoms with Crippen molar-refractivity contribution in [2.75, 3.05) is 65.8 Å². The molecule has 0 aromatic heterocycles.